The summed E-state index contributed by atoms with van der Waals surface area (Å²) in [6.45, 7) is -0.650. The Morgan fingerprint density at radius 1 is 1.15 bits per heavy atom. The van der Waals surface area contributed by atoms with Crippen molar-refractivity contribution in [2.45, 2.75) is 37.4 Å². The lowest BCUT2D eigenvalue weighted by atomic mass is 9.96. The van der Waals surface area contributed by atoms with E-state index in [0.717, 1.165) is 18.9 Å². The first-order chi connectivity index (χ1) is 15.9. The molecule has 0 N–H and O–H groups in total. The van der Waals surface area contributed by atoms with Gasteiger partial charge in [0.15, 0.2) is 24.0 Å². The number of amides is 2. The Morgan fingerprint density at radius 3 is 2.61 bits per heavy atom. The van der Waals surface area contributed by atoms with Crippen LogP contribution < -0.4 is 9.64 Å². The zero-order valence-corrected chi connectivity index (χ0v) is 17.9. The minimum atomic E-state index is -1.63. The molecule has 9 heteroatoms. The largest absolute Gasteiger partial charge is 0.494 e. The van der Waals surface area contributed by atoms with Crippen LogP contribution >= 0.6 is 0 Å². The van der Waals surface area contributed by atoms with Gasteiger partial charge in [-0.15, -0.1) is 0 Å². The number of ketones is 1. The van der Waals surface area contributed by atoms with Gasteiger partial charge in [-0.3, -0.25) is 19.3 Å². The molecule has 3 aliphatic rings. The van der Waals surface area contributed by atoms with E-state index in [9.17, 15) is 23.6 Å². The Balaban J connectivity index is 1.45. The van der Waals surface area contributed by atoms with Gasteiger partial charge >= 0.3 is 5.97 Å². The van der Waals surface area contributed by atoms with Gasteiger partial charge < -0.3 is 14.4 Å². The lowest BCUT2D eigenvalue weighted by molar-refractivity contribution is -0.156. The van der Waals surface area contributed by atoms with E-state index in [4.69, 9.17) is 9.47 Å². The second kappa shape index (κ2) is 7.68. The van der Waals surface area contributed by atoms with Crippen molar-refractivity contribution in [3.05, 3.63) is 59.4 Å². The summed E-state index contributed by atoms with van der Waals surface area (Å²) in [5, 5.41) is 0. The Hall–Kier alpha value is -3.75. The molecule has 1 saturated carbocycles. The molecule has 8 nitrogen and oxygen atoms in total. The fourth-order valence-electron chi connectivity index (χ4n) is 4.68. The SMILES string of the molecule is COc1ccc(C(=O)COC(=O)C23CCC(=O)N2c2ccccc2C(=O)N3C2CC2)cc1F. The predicted molar refractivity (Wildman–Crippen MR) is 113 cm³/mol. The first-order valence-electron chi connectivity index (χ1n) is 10.7. The summed E-state index contributed by atoms with van der Waals surface area (Å²) in [7, 11) is 1.31. The van der Waals surface area contributed by atoms with E-state index in [-0.39, 0.29) is 42.0 Å². The minimum absolute atomic E-state index is 0.0120. The van der Waals surface area contributed by atoms with E-state index >= 15 is 0 Å². The second-order valence-corrected chi connectivity index (χ2v) is 8.32. The van der Waals surface area contributed by atoms with Crippen molar-refractivity contribution in [2.24, 2.45) is 0 Å². The topological polar surface area (TPSA) is 93.2 Å². The molecular formula is C24H21FN2O6. The number of fused-ring (bicyclic) bond motifs is 3. The maximum atomic E-state index is 14.0. The van der Waals surface area contributed by atoms with Crippen LogP contribution in [0.25, 0.3) is 0 Å². The smallest absolute Gasteiger partial charge is 0.354 e. The van der Waals surface area contributed by atoms with Crippen molar-refractivity contribution < 1.29 is 33.0 Å². The van der Waals surface area contributed by atoms with Crippen LogP contribution in [0.5, 0.6) is 5.75 Å². The number of benzene rings is 2. The van der Waals surface area contributed by atoms with Gasteiger partial charge in [0.1, 0.15) is 0 Å². The van der Waals surface area contributed by atoms with Gasteiger partial charge in [-0.25, -0.2) is 9.18 Å². The Bertz CT molecular complexity index is 1190. The minimum Gasteiger partial charge on any atom is -0.494 e. The third kappa shape index (κ3) is 3.18. The van der Waals surface area contributed by atoms with E-state index in [1.807, 2.05) is 0 Å². The molecule has 2 aromatic carbocycles. The Kier molecular flexibility index (Phi) is 4.92. The van der Waals surface area contributed by atoms with E-state index in [0.29, 0.717) is 11.3 Å². The number of rotatable bonds is 6. The number of anilines is 1. The van der Waals surface area contributed by atoms with Crippen molar-refractivity contribution in [1.29, 1.82) is 0 Å². The van der Waals surface area contributed by atoms with Gasteiger partial charge in [-0.2, -0.15) is 0 Å². The lowest BCUT2D eigenvalue weighted by Crippen LogP contribution is -2.69. The molecule has 2 aromatic rings. The van der Waals surface area contributed by atoms with E-state index in [1.54, 1.807) is 24.3 Å². The molecule has 1 saturated heterocycles. The molecule has 1 aliphatic carbocycles. The van der Waals surface area contributed by atoms with Gasteiger partial charge in [0.05, 0.1) is 18.4 Å². The number of carbonyl (C=O) groups excluding carboxylic acids is 4. The molecular weight excluding hydrogens is 431 g/mol. The number of esters is 1. The molecule has 2 heterocycles. The molecule has 0 spiro atoms. The second-order valence-electron chi connectivity index (χ2n) is 8.32. The quantitative estimate of drug-likeness (QED) is 0.494. The normalized spacial score (nSPS) is 21.5. The first kappa shape index (κ1) is 21.1. The Morgan fingerprint density at radius 2 is 1.91 bits per heavy atom. The van der Waals surface area contributed by atoms with Gasteiger partial charge in [0.2, 0.25) is 11.6 Å². The van der Waals surface area contributed by atoms with Crippen LogP contribution in [0, 0.1) is 5.82 Å². The number of hydrogen-bond donors (Lipinski definition) is 0. The van der Waals surface area contributed by atoms with Crippen LogP contribution in [-0.2, 0) is 14.3 Å². The maximum absolute atomic E-state index is 14.0. The third-order valence-corrected chi connectivity index (χ3v) is 6.35. The third-order valence-electron chi connectivity index (χ3n) is 6.35. The number of methoxy groups -OCH3 is 1. The van der Waals surface area contributed by atoms with Gasteiger partial charge in [-0.05, 0) is 43.2 Å². The average molecular weight is 452 g/mol. The fraction of sp³-hybridized carbons (Fsp3) is 0.333. The number of halogens is 1. The summed E-state index contributed by atoms with van der Waals surface area (Å²) in [6, 6.07) is 10.2. The van der Waals surface area contributed by atoms with Crippen LogP contribution in [-0.4, -0.2) is 53.9 Å². The first-order valence-corrected chi connectivity index (χ1v) is 10.7. The lowest BCUT2D eigenvalue weighted by Gasteiger charge is -2.48. The summed E-state index contributed by atoms with van der Waals surface area (Å²) >= 11 is 0. The van der Waals surface area contributed by atoms with Crippen LogP contribution in [0.4, 0.5) is 10.1 Å². The van der Waals surface area contributed by atoms with Gasteiger partial charge in [-0.1, -0.05) is 12.1 Å². The monoisotopic (exact) mass is 452 g/mol. The number of Topliss-reactive ketones (excluding diaryl/α,β-unsaturated/α-hetero) is 1. The molecule has 1 unspecified atom stereocenters. The van der Waals surface area contributed by atoms with E-state index < -0.39 is 29.8 Å². The molecule has 0 bridgehead atoms. The van der Waals surface area contributed by atoms with Crippen molar-refractivity contribution in [2.75, 3.05) is 18.6 Å². The number of ether oxygens (including phenoxy) is 2. The number of hydrogen-bond acceptors (Lipinski definition) is 6. The van der Waals surface area contributed by atoms with E-state index in [2.05, 4.69) is 0 Å². The molecule has 2 fully saturated rings. The number of para-hydroxylation sites is 1. The summed E-state index contributed by atoms with van der Waals surface area (Å²) in [6.07, 6.45) is 1.58. The molecule has 33 heavy (non-hydrogen) atoms. The van der Waals surface area contributed by atoms with E-state index in [1.165, 1.54) is 29.0 Å². The fourth-order valence-corrected chi connectivity index (χ4v) is 4.68. The highest BCUT2D eigenvalue weighted by atomic mass is 19.1. The van der Waals surface area contributed by atoms with Gasteiger partial charge in [0.25, 0.3) is 5.91 Å². The zero-order chi connectivity index (χ0) is 23.3. The summed E-state index contributed by atoms with van der Waals surface area (Å²) in [5.74, 6) is -2.80. The van der Waals surface area contributed by atoms with Crippen LogP contribution in [0.1, 0.15) is 46.4 Å². The molecule has 0 aromatic heterocycles. The van der Waals surface area contributed by atoms with Crippen molar-refractivity contribution in [3.63, 3.8) is 0 Å². The van der Waals surface area contributed by atoms with Crippen molar-refractivity contribution in [3.8, 4) is 5.75 Å². The predicted octanol–water partition coefficient (Wildman–Crippen LogP) is 2.70. The standard InChI is InChI=1S/C24H21FN2O6/c1-32-20-9-6-14(12-17(20)25)19(28)13-33-23(31)24-11-10-21(29)27(24)18-5-3-2-4-16(18)22(30)26(24)15-7-8-15/h2-6,9,12,15H,7-8,10-11,13H2,1H3. The zero-order valence-electron chi connectivity index (χ0n) is 17.9. The number of nitrogens with zero attached hydrogens (tertiary/aromatic N) is 2. The van der Waals surface area contributed by atoms with Crippen LogP contribution in [0.3, 0.4) is 0 Å². The summed E-state index contributed by atoms with van der Waals surface area (Å²) < 4.78 is 24.2. The molecule has 0 radical (unpaired) electrons. The number of carbonyl (C=O) groups is 4. The highest BCUT2D eigenvalue weighted by Gasteiger charge is 2.64. The molecule has 5 rings (SSSR count). The maximum Gasteiger partial charge on any atom is 0.354 e. The summed E-state index contributed by atoms with van der Waals surface area (Å²) in [4.78, 5) is 55.1. The van der Waals surface area contributed by atoms with Crippen molar-refractivity contribution >= 4 is 29.3 Å². The summed E-state index contributed by atoms with van der Waals surface area (Å²) in [5.41, 5.74) is -0.896. The average Bonchev–Trinajstić information content (AvgIpc) is 3.59. The van der Waals surface area contributed by atoms with Crippen LogP contribution in [0.2, 0.25) is 0 Å². The Labute approximate surface area is 188 Å². The highest BCUT2D eigenvalue weighted by Crippen LogP contribution is 2.49. The van der Waals surface area contributed by atoms with Crippen molar-refractivity contribution in [1.82, 2.24) is 4.90 Å². The molecule has 2 aliphatic heterocycles. The molecule has 2 amide bonds. The highest BCUT2D eigenvalue weighted by molar-refractivity contribution is 6.16. The van der Waals surface area contributed by atoms with Crippen LogP contribution in [0.15, 0.2) is 42.5 Å². The molecule has 170 valence electrons. The molecule has 1 atom stereocenters. The van der Waals surface area contributed by atoms with Gasteiger partial charge in [0, 0.05) is 24.4 Å².